The molecule has 2 aromatic heterocycles. The fourth-order valence-corrected chi connectivity index (χ4v) is 7.51. The van der Waals surface area contributed by atoms with Crippen LogP contribution in [0.5, 0.6) is 0 Å². The number of Topliss-reactive ketones (excluding diaryl/α,β-unsaturated/α-hetero) is 1. The average Bonchev–Trinajstić information content (AvgIpc) is 3.31. The van der Waals surface area contributed by atoms with Gasteiger partial charge in [-0.1, -0.05) is 19.3 Å². The number of hydrogen-bond donors (Lipinski definition) is 0. The molecule has 5 rings (SSSR count). The van der Waals surface area contributed by atoms with E-state index in [1.807, 2.05) is 24.5 Å². The largest absolute Gasteiger partial charge is 0.299 e. The molecule has 3 aliphatic rings. The minimum atomic E-state index is 0.403. The van der Waals surface area contributed by atoms with Gasteiger partial charge >= 0.3 is 0 Å². The molecular weight excluding hydrogens is 422 g/mol. The van der Waals surface area contributed by atoms with E-state index >= 15 is 0 Å². The standard InChI is InChI=1S/C25H35N3OS2/c1-17-26-15-22(30-17)14-21(29)13-19-7-5-18(6-8-19)9-11-28-12-10-24-23(16-28)27-25(31-24)20-3-2-4-20/h15,18-20H,2-14,16H2,1H3. The predicted molar refractivity (Wildman–Crippen MR) is 128 cm³/mol. The van der Waals surface area contributed by atoms with E-state index in [1.165, 1.54) is 81.6 Å². The summed E-state index contributed by atoms with van der Waals surface area (Å²) in [6.07, 6.45) is 14.9. The molecule has 2 fully saturated rings. The first kappa shape index (κ1) is 21.7. The van der Waals surface area contributed by atoms with Gasteiger partial charge in [-0.25, -0.2) is 9.97 Å². The minimum Gasteiger partial charge on any atom is -0.299 e. The molecule has 0 atom stereocenters. The summed E-state index contributed by atoms with van der Waals surface area (Å²) in [5, 5.41) is 2.48. The van der Waals surface area contributed by atoms with Gasteiger partial charge < -0.3 is 0 Å². The molecule has 0 N–H and O–H groups in total. The van der Waals surface area contributed by atoms with Gasteiger partial charge in [0.1, 0.15) is 5.78 Å². The molecule has 6 heteroatoms. The Morgan fingerprint density at radius 2 is 1.94 bits per heavy atom. The normalized spacial score (nSPS) is 24.7. The van der Waals surface area contributed by atoms with Gasteiger partial charge in [0.25, 0.3) is 0 Å². The number of carbonyl (C=O) groups is 1. The first-order valence-electron chi connectivity index (χ1n) is 12.3. The maximum absolute atomic E-state index is 12.4. The van der Waals surface area contributed by atoms with Crippen LogP contribution in [-0.4, -0.2) is 33.7 Å². The van der Waals surface area contributed by atoms with Crippen LogP contribution in [0.2, 0.25) is 0 Å². The van der Waals surface area contributed by atoms with Gasteiger partial charge in [0.15, 0.2) is 0 Å². The van der Waals surface area contributed by atoms with Crippen molar-refractivity contribution in [3.8, 4) is 0 Å². The van der Waals surface area contributed by atoms with Crippen LogP contribution in [0.3, 0.4) is 0 Å². The van der Waals surface area contributed by atoms with Crippen molar-refractivity contribution >= 4 is 28.5 Å². The topological polar surface area (TPSA) is 46.1 Å². The second-order valence-corrected chi connectivity index (χ2v) is 12.5. The Morgan fingerprint density at radius 1 is 1.13 bits per heavy atom. The summed E-state index contributed by atoms with van der Waals surface area (Å²) in [4.78, 5) is 27.1. The van der Waals surface area contributed by atoms with E-state index in [0.29, 0.717) is 18.1 Å². The monoisotopic (exact) mass is 457 g/mol. The van der Waals surface area contributed by atoms with Crippen molar-refractivity contribution in [3.05, 3.63) is 31.7 Å². The number of hydrogen-bond acceptors (Lipinski definition) is 6. The third-order valence-corrected chi connectivity index (χ3v) is 9.89. The van der Waals surface area contributed by atoms with Crippen molar-refractivity contribution < 1.29 is 4.79 Å². The Balaban J connectivity index is 1.02. The zero-order chi connectivity index (χ0) is 21.2. The van der Waals surface area contributed by atoms with E-state index < -0.39 is 0 Å². The number of aromatic nitrogens is 2. The lowest BCUT2D eigenvalue weighted by Gasteiger charge is -2.31. The lowest BCUT2D eigenvalue weighted by molar-refractivity contribution is -0.119. The van der Waals surface area contributed by atoms with Crippen molar-refractivity contribution in [1.29, 1.82) is 0 Å². The summed E-state index contributed by atoms with van der Waals surface area (Å²) in [5.41, 5.74) is 1.39. The number of nitrogens with zero attached hydrogens (tertiary/aromatic N) is 3. The second-order valence-electron chi connectivity index (χ2n) is 10.0. The van der Waals surface area contributed by atoms with Gasteiger partial charge in [-0.2, -0.15) is 0 Å². The number of rotatable bonds is 8. The molecule has 2 saturated carbocycles. The van der Waals surface area contributed by atoms with E-state index in [0.717, 1.165) is 34.7 Å². The molecule has 0 aromatic carbocycles. The summed E-state index contributed by atoms with van der Waals surface area (Å²) < 4.78 is 0. The molecule has 1 aliphatic heterocycles. The van der Waals surface area contributed by atoms with Crippen molar-refractivity contribution in [1.82, 2.24) is 14.9 Å². The Bertz CT molecular complexity index is 892. The SMILES string of the molecule is Cc1ncc(CC(=O)CC2CCC(CCN3CCc4sc(C5CCC5)nc4C3)CC2)s1. The molecule has 2 aromatic rings. The summed E-state index contributed by atoms with van der Waals surface area (Å²) in [6, 6.07) is 0. The smallest absolute Gasteiger partial charge is 0.138 e. The number of aryl methyl sites for hydroxylation is 1. The molecule has 0 bridgehead atoms. The minimum absolute atomic E-state index is 0.403. The summed E-state index contributed by atoms with van der Waals surface area (Å²) >= 11 is 3.67. The lowest BCUT2D eigenvalue weighted by atomic mass is 9.78. The Kier molecular flexibility index (Phi) is 6.87. The number of thiazole rings is 2. The van der Waals surface area contributed by atoms with Gasteiger partial charge in [0.05, 0.1) is 15.7 Å². The molecule has 31 heavy (non-hydrogen) atoms. The van der Waals surface area contributed by atoms with Gasteiger partial charge in [0.2, 0.25) is 0 Å². The summed E-state index contributed by atoms with van der Waals surface area (Å²) in [6.45, 7) is 5.50. The molecule has 0 unspecified atom stereocenters. The fraction of sp³-hybridized carbons (Fsp3) is 0.720. The van der Waals surface area contributed by atoms with Crippen LogP contribution in [-0.2, 0) is 24.2 Å². The van der Waals surface area contributed by atoms with Gasteiger partial charge in [-0.15, -0.1) is 22.7 Å². The van der Waals surface area contributed by atoms with Crippen molar-refractivity contribution in [2.24, 2.45) is 11.8 Å². The highest BCUT2D eigenvalue weighted by Gasteiger charge is 2.28. The Labute approximate surface area is 194 Å². The molecule has 0 saturated heterocycles. The number of fused-ring (bicyclic) bond motifs is 1. The zero-order valence-corrected chi connectivity index (χ0v) is 20.4. The average molecular weight is 458 g/mol. The van der Waals surface area contributed by atoms with E-state index in [9.17, 15) is 4.79 Å². The fourth-order valence-electron chi connectivity index (χ4n) is 5.46. The van der Waals surface area contributed by atoms with E-state index in [-0.39, 0.29) is 0 Å². The molecule has 0 radical (unpaired) electrons. The highest BCUT2D eigenvalue weighted by atomic mass is 32.1. The number of ketones is 1. The van der Waals surface area contributed by atoms with E-state index in [2.05, 4.69) is 9.88 Å². The molecule has 2 aliphatic carbocycles. The number of carbonyl (C=O) groups excluding carboxylic acids is 1. The van der Waals surface area contributed by atoms with E-state index in [4.69, 9.17) is 4.98 Å². The second kappa shape index (κ2) is 9.80. The van der Waals surface area contributed by atoms with Crippen LogP contribution in [0.1, 0.15) is 89.2 Å². The quantitative estimate of drug-likeness (QED) is 0.493. The van der Waals surface area contributed by atoms with Crippen molar-refractivity contribution in [3.63, 3.8) is 0 Å². The summed E-state index contributed by atoms with van der Waals surface area (Å²) in [5.74, 6) is 2.63. The third-order valence-electron chi connectivity index (χ3n) is 7.65. The summed E-state index contributed by atoms with van der Waals surface area (Å²) in [7, 11) is 0. The molecule has 0 spiro atoms. The predicted octanol–water partition coefficient (Wildman–Crippen LogP) is 5.93. The van der Waals surface area contributed by atoms with Crippen LogP contribution in [0.25, 0.3) is 0 Å². The van der Waals surface area contributed by atoms with Crippen LogP contribution in [0.15, 0.2) is 6.20 Å². The van der Waals surface area contributed by atoms with Crippen molar-refractivity contribution in [2.75, 3.05) is 13.1 Å². The third kappa shape index (κ3) is 5.45. The van der Waals surface area contributed by atoms with E-state index in [1.54, 1.807) is 16.2 Å². The molecule has 168 valence electrons. The maximum atomic E-state index is 12.4. The van der Waals surface area contributed by atoms with Crippen LogP contribution in [0.4, 0.5) is 0 Å². The Morgan fingerprint density at radius 3 is 2.65 bits per heavy atom. The Hall–Kier alpha value is -1.11. The zero-order valence-electron chi connectivity index (χ0n) is 18.8. The maximum Gasteiger partial charge on any atom is 0.138 e. The first-order valence-corrected chi connectivity index (χ1v) is 13.9. The van der Waals surface area contributed by atoms with Crippen molar-refractivity contribution in [2.45, 2.75) is 90.0 Å². The lowest BCUT2D eigenvalue weighted by Crippen LogP contribution is -2.32. The van der Waals surface area contributed by atoms with Crippen LogP contribution >= 0.6 is 22.7 Å². The molecule has 4 nitrogen and oxygen atoms in total. The van der Waals surface area contributed by atoms with Crippen LogP contribution < -0.4 is 0 Å². The highest BCUT2D eigenvalue weighted by molar-refractivity contribution is 7.12. The van der Waals surface area contributed by atoms with Crippen LogP contribution in [0, 0.1) is 18.8 Å². The van der Waals surface area contributed by atoms with Gasteiger partial charge in [-0.3, -0.25) is 9.69 Å². The van der Waals surface area contributed by atoms with Gasteiger partial charge in [0, 0.05) is 47.8 Å². The highest BCUT2D eigenvalue weighted by Crippen LogP contribution is 2.40. The molecule has 0 amide bonds. The molecule has 3 heterocycles. The van der Waals surface area contributed by atoms with Gasteiger partial charge in [-0.05, 0) is 63.8 Å². The molecular formula is C25H35N3OS2. The first-order chi connectivity index (χ1) is 15.1.